The first-order chi connectivity index (χ1) is 6.33. The molecule has 0 spiro atoms. The van der Waals surface area contributed by atoms with E-state index in [2.05, 4.69) is 4.74 Å². The minimum Gasteiger partial charge on any atom is -0.466 e. The lowest BCUT2D eigenvalue weighted by Crippen LogP contribution is -1.93. The second kappa shape index (κ2) is 5.14. The fourth-order valence-electron chi connectivity index (χ4n) is 0.973. The summed E-state index contributed by atoms with van der Waals surface area (Å²) in [6.45, 7) is 0. The molecule has 0 fully saturated rings. The minimum absolute atomic E-state index is 0.309. The molecule has 2 heteroatoms. The molecule has 0 saturated heterocycles. The summed E-state index contributed by atoms with van der Waals surface area (Å²) in [5.74, 6) is -0.309. The van der Waals surface area contributed by atoms with Crippen LogP contribution in [-0.2, 0) is 16.0 Å². The normalized spacial score (nSPS) is 10.2. The summed E-state index contributed by atoms with van der Waals surface area (Å²) in [5.41, 5.74) is 1.18. The van der Waals surface area contributed by atoms with Crippen molar-refractivity contribution in [3.05, 3.63) is 48.0 Å². The van der Waals surface area contributed by atoms with E-state index in [1.807, 2.05) is 30.3 Å². The van der Waals surface area contributed by atoms with Gasteiger partial charge in [-0.1, -0.05) is 36.4 Å². The maximum atomic E-state index is 10.7. The van der Waals surface area contributed by atoms with Crippen molar-refractivity contribution < 1.29 is 9.53 Å². The van der Waals surface area contributed by atoms with Crippen molar-refractivity contribution in [3.63, 3.8) is 0 Å². The van der Waals surface area contributed by atoms with Crippen molar-refractivity contribution in [1.29, 1.82) is 0 Å². The van der Waals surface area contributed by atoms with E-state index in [1.54, 1.807) is 6.08 Å². The summed E-state index contributed by atoms with van der Waals surface area (Å²) in [5, 5.41) is 0. The average molecular weight is 176 g/mol. The van der Waals surface area contributed by atoms with E-state index in [0.717, 1.165) is 6.42 Å². The molecule has 68 valence electrons. The van der Waals surface area contributed by atoms with Crippen LogP contribution in [0.15, 0.2) is 42.5 Å². The number of carbonyl (C=O) groups excluding carboxylic acids is 1. The zero-order valence-electron chi connectivity index (χ0n) is 7.57. The van der Waals surface area contributed by atoms with E-state index < -0.39 is 0 Å². The molecule has 0 aliphatic heterocycles. The van der Waals surface area contributed by atoms with Crippen molar-refractivity contribution in [1.82, 2.24) is 0 Å². The lowest BCUT2D eigenvalue weighted by Gasteiger charge is -1.93. The molecule has 2 nitrogen and oxygen atoms in total. The second-order valence-corrected chi connectivity index (χ2v) is 2.62. The third-order valence-electron chi connectivity index (χ3n) is 1.65. The van der Waals surface area contributed by atoms with Gasteiger partial charge in [0, 0.05) is 6.08 Å². The molecule has 0 bridgehead atoms. The number of benzene rings is 1. The van der Waals surface area contributed by atoms with Crippen molar-refractivity contribution in [2.45, 2.75) is 6.42 Å². The van der Waals surface area contributed by atoms with Gasteiger partial charge in [0.05, 0.1) is 7.11 Å². The Morgan fingerprint density at radius 2 is 2.08 bits per heavy atom. The average Bonchev–Trinajstić information content (AvgIpc) is 2.19. The quantitative estimate of drug-likeness (QED) is 0.519. The molecule has 0 heterocycles. The van der Waals surface area contributed by atoms with E-state index in [0.29, 0.717) is 0 Å². The van der Waals surface area contributed by atoms with Crippen molar-refractivity contribution in [3.8, 4) is 0 Å². The van der Waals surface area contributed by atoms with Gasteiger partial charge in [-0.3, -0.25) is 0 Å². The Labute approximate surface area is 77.8 Å². The number of ether oxygens (including phenoxy) is 1. The molecule has 0 amide bonds. The van der Waals surface area contributed by atoms with Gasteiger partial charge in [0.2, 0.25) is 0 Å². The minimum atomic E-state index is -0.309. The first-order valence-electron chi connectivity index (χ1n) is 4.11. The Hall–Kier alpha value is -1.57. The summed E-state index contributed by atoms with van der Waals surface area (Å²) >= 11 is 0. The number of rotatable bonds is 3. The number of carbonyl (C=O) groups is 1. The van der Waals surface area contributed by atoms with Gasteiger partial charge in [-0.05, 0) is 12.0 Å². The third kappa shape index (κ3) is 3.56. The van der Waals surface area contributed by atoms with Gasteiger partial charge in [-0.15, -0.1) is 0 Å². The largest absolute Gasteiger partial charge is 0.466 e. The Morgan fingerprint density at radius 3 is 2.69 bits per heavy atom. The topological polar surface area (TPSA) is 26.3 Å². The van der Waals surface area contributed by atoms with Gasteiger partial charge in [-0.25, -0.2) is 4.79 Å². The number of allylic oxidation sites excluding steroid dienone is 1. The van der Waals surface area contributed by atoms with Gasteiger partial charge < -0.3 is 4.74 Å². The van der Waals surface area contributed by atoms with E-state index in [9.17, 15) is 4.79 Å². The van der Waals surface area contributed by atoms with Crippen LogP contribution >= 0.6 is 0 Å². The van der Waals surface area contributed by atoms with Crippen LogP contribution in [0.3, 0.4) is 0 Å². The molecule has 1 aromatic carbocycles. The van der Waals surface area contributed by atoms with Crippen LogP contribution in [-0.4, -0.2) is 13.1 Å². The predicted octanol–water partition coefficient (Wildman–Crippen LogP) is 1.96. The Balaban J connectivity index is 2.44. The van der Waals surface area contributed by atoms with Gasteiger partial charge >= 0.3 is 5.97 Å². The number of hydrogen-bond acceptors (Lipinski definition) is 2. The molecule has 0 aliphatic carbocycles. The number of hydrogen-bond donors (Lipinski definition) is 0. The highest BCUT2D eigenvalue weighted by Crippen LogP contribution is 1.99. The molecular weight excluding hydrogens is 164 g/mol. The molecule has 13 heavy (non-hydrogen) atoms. The van der Waals surface area contributed by atoms with E-state index in [1.165, 1.54) is 18.7 Å². The summed E-state index contributed by atoms with van der Waals surface area (Å²) < 4.78 is 4.46. The van der Waals surface area contributed by atoms with Crippen LogP contribution in [0.1, 0.15) is 5.56 Å². The van der Waals surface area contributed by atoms with Gasteiger partial charge in [0.25, 0.3) is 0 Å². The SMILES string of the molecule is COC(=O)/C=C\Cc1ccccc1. The van der Waals surface area contributed by atoms with Crippen LogP contribution in [0, 0.1) is 0 Å². The standard InChI is InChI=1S/C11H12O2/c1-13-11(12)9-5-8-10-6-3-2-4-7-10/h2-7,9H,8H2,1H3/b9-5-. The fourth-order valence-corrected chi connectivity index (χ4v) is 0.973. The number of methoxy groups -OCH3 is 1. The predicted molar refractivity (Wildman–Crippen MR) is 51.3 cm³/mol. The maximum absolute atomic E-state index is 10.7. The van der Waals surface area contributed by atoms with Crippen LogP contribution < -0.4 is 0 Å². The van der Waals surface area contributed by atoms with E-state index in [4.69, 9.17) is 0 Å². The molecule has 0 aromatic heterocycles. The highest BCUT2D eigenvalue weighted by Gasteiger charge is 1.90. The molecule has 1 aromatic rings. The van der Waals surface area contributed by atoms with Crippen LogP contribution in [0.5, 0.6) is 0 Å². The van der Waals surface area contributed by atoms with Crippen LogP contribution in [0.4, 0.5) is 0 Å². The maximum Gasteiger partial charge on any atom is 0.330 e. The molecule has 0 N–H and O–H groups in total. The highest BCUT2D eigenvalue weighted by atomic mass is 16.5. The fraction of sp³-hybridized carbons (Fsp3) is 0.182. The Morgan fingerprint density at radius 1 is 1.38 bits per heavy atom. The zero-order chi connectivity index (χ0) is 9.52. The molecule has 0 radical (unpaired) electrons. The highest BCUT2D eigenvalue weighted by molar-refractivity contribution is 5.81. The summed E-state index contributed by atoms with van der Waals surface area (Å²) in [6, 6.07) is 9.94. The van der Waals surface area contributed by atoms with Gasteiger partial charge in [0.1, 0.15) is 0 Å². The molecule has 0 aliphatic rings. The monoisotopic (exact) mass is 176 g/mol. The summed E-state index contributed by atoms with van der Waals surface area (Å²) in [6.07, 6.45) is 3.99. The lowest BCUT2D eigenvalue weighted by molar-refractivity contribution is -0.134. The Bertz CT molecular complexity index is 288. The van der Waals surface area contributed by atoms with E-state index in [-0.39, 0.29) is 5.97 Å². The molecule has 0 saturated carbocycles. The zero-order valence-corrected chi connectivity index (χ0v) is 7.57. The summed E-state index contributed by atoms with van der Waals surface area (Å²) in [4.78, 5) is 10.7. The second-order valence-electron chi connectivity index (χ2n) is 2.62. The van der Waals surface area contributed by atoms with Crippen molar-refractivity contribution >= 4 is 5.97 Å². The smallest absolute Gasteiger partial charge is 0.330 e. The Kier molecular flexibility index (Phi) is 3.76. The third-order valence-corrected chi connectivity index (χ3v) is 1.65. The van der Waals surface area contributed by atoms with Gasteiger partial charge in [-0.2, -0.15) is 0 Å². The van der Waals surface area contributed by atoms with Crippen LogP contribution in [0.25, 0.3) is 0 Å². The van der Waals surface area contributed by atoms with Crippen LogP contribution in [0.2, 0.25) is 0 Å². The molecule has 1 rings (SSSR count). The van der Waals surface area contributed by atoms with Gasteiger partial charge in [0.15, 0.2) is 0 Å². The molecule has 0 atom stereocenters. The lowest BCUT2D eigenvalue weighted by atomic mass is 10.1. The molecular formula is C11H12O2. The first kappa shape index (κ1) is 9.52. The van der Waals surface area contributed by atoms with Crippen molar-refractivity contribution in [2.24, 2.45) is 0 Å². The summed E-state index contributed by atoms with van der Waals surface area (Å²) in [7, 11) is 1.37. The number of esters is 1. The van der Waals surface area contributed by atoms with Crippen molar-refractivity contribution in [2.75, 3.05) is 7.11 Å². The first-order valence-corrected chi connectivity index (χ1v) is 4.11. The molecule has 0 unspecified atom stereocenters. The van der Waals surface area contributed by atoms with E-state index >= 15 is 0 Å².